The van der Waals surface area contributed by atoms with Crippen LogP contribution < -0.4 is 0 Å². The van der Waals surface area contributed by atoms with Gasteiger partial charge in [-0.2, -0.15) is 5.10 Å². The van der Waals surface area contributed by atoms with Gasteiger partial charge in [0.2, 0.25) is 0 Å². The molecular weight excluding hydrogens is 435 g/mol. The summed E-state index contributed by atoms with van der Waals surface area (Å²) in [7, 11) is 0. The molecule has 0 saturated heterocycles. The molecule has 0 aliphatic carbocycles. The highest BCUT2D eigenvalue weighted by molar-refractivity contribution is 14.1. The van der Waals surface area contributed by atoms with Crippen LogP contribution in [0.1, 0.15) is 17.1 Å². The molecule has 0 unspecified atom stereocenters. The summed E-state index contributed by atoms with van der Waals surface area (Å²) >= 11 is 2.32. The molecule has 0 atom stereocenters. The van der Waals surface area contributed by atoms with E-state index in [1.165, 1.54) is 3.57 Å². The molecule has 0 fully saturated rings. The van der Waals surface area contributed by atoms with Gasteiger partial charge >= 0.3 is 0 Å². The third-order valence-electron chi connectivity index (χ3n) is 3.87. The number of nitrogens with zero attached hydrogens (tertiary/aromatic N) is 4. The SMILES string of the molecule is Ic1ccc2c(/C=C/c3ccccn3)nn(/C=C/c3ccccn3)c2c1. The van der Waals surface area contributed by atoms with Gasteiger partial charge in [0, 0.05) is 27.6 Å². The first-order chi connectivity index (χ1) is 12.8. The Morgan fingerprint density at radius 2 is 1.54 bits per heavy atom. The Hall–Kier alpha value is -2.80. The maximum absolute atomic E-state index is 4.74. The van der Waals surface area contributed by atoms with Crippen LogP contribution in [0.25, 0.3) is 35.3 Å². The highest BCUT2D eigenvalue weighted by atomic mass is 127. The van der Waals surface area contributed by atoms with Gasteiger partial charge < -0.3 is 0 Å². The van der Waals surface area contributed by atoms with Crippen LogP contribution in [0.15, 0.2) is 67.0 Å². The van der Waals surface area contributed by atoms with Crippen molar-refractivity contribution in [2.45, 2.75) is 0 Å². The van der Waals surface area contributed by atoms with E-state index < -0.39 is 0 Å². The van der Waals surface area contributed by atoms with Crippen LogP contribution in [0, 0.1) is 3.57 Å². The van der Waals surface area contributed by atoms with E-state index in [2.05, 4.69) is 50.8 Å². The summed E-state index contributed by atoms with van der Waals surface area (Å²) in [6.07, 6.45) is 11.5. The molecular formula is C21H15IN4. The molecule has 0 N–H and O–H groups in total. The van der Waals surface area contributed by atoms with E-state index in [9.17, 15) is 0 Å². The molecule has 0 radical (unpaired) electrons. The Morgan fingerprint density at radius 1 is 0.808 bits per heavy atom. The minimum atomic E-state index is 0.896. The van der Waals surface area contributed by atoms with Crippen molar-refractivity contribution >= 4 is 57.9 Å². The number of halogens is 1. The molecule has 3 aromatic heterocycles. The second-order valence-electron chi connectivity index (χ2n) is 5.65. The standard InChI is InChI=1S/C21H15IN4/c22-16-7-9-19-20(10-8-17-5-1-3-12-23-17)25-26(21(19)15-16)14-11-18-6-2-4-13-24-18/h1-15H/b10-8+,14-11+. The van der Waals surface area contributed by atoms with Crippen molar-refractivity contribution < 1.29 is 0 Å². The topological polar surface area (TPSA) is 43.6 Å². The minimum Gasteiger partial charge on any atom is -0.257 e. The molecule has 0 amide bonds. The maximum Gasteiger partial charge on any atom is 0.0934 e. The number of pyridine rings is 2. The van der Waals surface area contributed by atoms with E-state index in [1.54, 1.807) is 12.4 Å². The Morgan fingerprint density at radius 3 is 2.23 bits per heavy atom. The molecule has 126 valence electrons. The van der Waals surface area contributed by atoms with Crippen LogP contribution in [0.3, 0.4) is 0 Å². The highest BCUT2D eigenvalue weighted by Gasteiger charge is 2.07. The van der Waals surface area contributed by atoms with E-state index in [1.807, 2.05) is 65.5 Å². The average Bonchev–Trinajstić information content (AvgIpc) is 3.03. The lowest BCUT2D eigenvalue weighted by Crippen LogP contribution is -1.89. The fourth-order valence-electron chi connectivity index (χ4n) is 2.63. The smallest absolute Gasteiger partial charge is 0.0934 e. The average molecular weight is 450 g/mol. The van der Waals surface area contributed by atoms with Crippen molar-refractivity contribution in [2.24, 2.45) is 0 Å². The number of rotatable bonds is 4. The van der Waals surface area contributed by atoms with Crippen LogP contribution in [0.2, 0.25) is 0 Å². The van der Waals surface area contributed by atoms with E-state index >= 15 is 0 Å². The van der Waals surface area contributed by atoms with Crippen molar-refractivity contribution in [3.05, 3.63) is 87.6 Å². The van der Waals surface area contributed by atoms with Crippen LogP contribution in [0.5, 0.6) is 0 Å². The molecule has 4 rings (SSSR count). The maximum atomic E-state index is 4.74. The largest absolute Gasteiger partial charge is 0.257 e. The fraction of sp³-hybridized carbons (Fsp3) is 0. The van der Waals surface area contributed by atoms with Gasteiger partial charge in [0.05, 0.1) is 22.6 Å². The molecule has 5 heteroatoms. The summed E-state index contributed by atoms with van der Waals surface area (Å²) in [6.45, 7) is 0. The van der Waals surface area contributed by atoms with Gasteiger partial charge in [-0.1, -0.05) is 12.1 Å². The second kappa shape index (κ2) is 7.61. The summed E-state index contributed by atoms with van der Waals surface area (Å²) in [5, 5.41) is 5.84. The van der Waals surface area contributed by atoms with Crippen molar-refractivity contribution in [2.75, 3.05) is 0 Å². The lowest BCUT2D eigenvalue weighted by molar-refractivity contribution is 0.961. The first kappa shape index (κ1) is 16.7. The van der Waals surface area contributed by atoms with Crippen LogP contribution in [0.4, 0.5) is 0 Å². The second-order valence-corrected chi connectivity index (χ2v) is 6.90. The summed E-state index contributed by atoms with van der Waals surface area (Å²) in [4.78, 5) is 8.65. The molecule has 0 spiro atoms. The molecule has 0 aliphatic rings. The number of benzene rings is 1. The zero-order valence-electron chi connectivity index (χ0n) is 13.8. The number of hydrogen-bond donors (Lipinski definition) is 0. The lowest BCUT2D eigenvalue weighted by atomic mass is 10.2. The van der Waals surface area contributed by atoms with Gasteiger partial charge in [0.15, 0.2) is 0 Å². The van der Waals surface area contributed by atoms with E-state index in [-0.39, 0.29) is 0 Å². The van der Waals surface area contributed by atoms with Gasteiger partial charge in [-0.15, -0.1) is 0 Å². The zero-order chi connectivity index (χ0) is 17.8. The summed E-state index contributed by atoms with van der Waals surface area (Å²) in [6, 6.07) is 18.0. The van der Waals surface area contributed by atoms with Crippen LogP contribution >= 0.6 is 22.6 Å². The van der Waals surface area contributed by atoms with E-state index in [4.69, 9.17) is 5.10 Å². The summed E-state index contributed by atoms with van der Waals surface area (Å²) < 4.78 is 3.06. The first-order valence-electron chi connectivity index (χ1n) is 8.16. The molecule has 4 aromatic rings. The minimum absolute atomic E-state index is 0.896. The van der Waals surface area contributed by atoms with Crippen LogP contribution in [-0.2, 0) is 0 Å². The molecule has 1 aromatic carbocycles. The molecule has 0 aliphatic heterocycles. The van der Waals surface area contributed by atoms with Gasteiger partial charge in [0.1, 0.15) is 0 Å². The van der Waals surface area contributed by atoms with Gasteiger partial charge in [-0.3, -0.25) is 9.97 Å². The van der Waals surface area contributed by atoms with Crippen molar-refractivity contribution in [3.63, 3.8) is 0 Å². The molecule has 0 saturated carbocycles. The number of hydrogen-bond acceptors (Lipinski definition) is 3. The number of fused-ring (bicyclic) bond motifs is 1. The first-order valence-corrected chi connectivity index (χ1v) is 9.23. The fourth-order valence-corrected chi connectivity index (χ4v) is 3.11. The summed E-state index contributed by atoms with van der Waals surface area (Å²) in [5.41, 5.74) is 3.77. The Bertz CT molecular complexity index is 1080. The highest BCUT2D eigenvalue weighted by Crippen LogP contribution is 2.23. The summed E-state index contributed by atoms with van der Waals surface area (Å²) in [5.74, 6) is 0. The monoisotopic (exact) mass is 450 g/mol. The molecule has 4 nitrogen and oxygen atoms in total. The lowest BCUT2D eigenvalue weighted by Gasteiger charge is -1.97. The normalized spacial score (nSPS) is 11.7. The van der Waals surface area contributed by atoms with Crippen LogP contribution in [-0.4, -0.2) is 19.7 Å². The van der Waals surface area contributed by atoms with Crippen molar-refractivity contribution in [3.8, 4) is 0 Å². The third kappa shape index (κ3) is 3.72. The molecule has 26 heavy (non-hydrogen) atoms. The van der Waals surface area contributed by atoms with Gasteiger partial charge in [-0.25, -0.2) is 4.68 Å². The van der Waals surface area contributed by atoms with Crippen molar-refractivity contribution in [1.29, 1.82) is 0 Å². The Balaban J connectivity index is 1.75. The Kier molecular flexibility index (Phi) is 4.88. The van der Waals surface area contributed by atoms with Gasteiger partial charge in [0.25, 0.3) is 0 Å². The van der Waals surface area contributed by atoms with Crippen molar-refractivity contribution in [1.82, 2.24) is 19.7 Å². The number of aromatic nitrogens is 4. The molecule has 3 heterocycles. The predicted molar refractivity (Wildman–Crippen MR) is 115 cm³/mol. The molecule has 0 bridgehead atoms. The predicted octanol–water partition coefficient (Wildman–Crippen LogP) is 5.23. The van der Waals surface area contributed by atoms with E-state index in [0.29, 0.717) is 0 Å². The zero-order valence-corrected chi connectivity index (χ0v) is 16.0. The van der Waals surface area contributed by atoms with E-state index in [0.717, 1.165) is 28.0 Å². The van der Waals surface area contributed by atoms with Gasteiger partial charge in [-0.05, 0) is 83.3 Å². The third-order valence-corrected chi connectivity index (χ3v) is 4.54. The quantitative estimate of drug-likeness (QED) is 0.400. The Labute approximate surface area is 165 Å².